The summed E-state index contributed by atoms with van der Waals surface area (Å²) >= 11 is 0. The molecule has 0 saturated heterocycles. The Hall–Kier alpha value is -2.33. The first-order valence-electron chi connectivity index (χ1n) is 6.91. The molecule has 1 amide bonds. The molecule has 0 fully saturated rings. The smallest absolute Gasteiger partial charge is 0.249 e. The first-order valence-corrected chi connectivity index (χ1v) is 6.91. The molecule has 0 heterocycles. The quantitative estimate of drug-likeness (QED) is 0.819. The Morgan fingerprint density at radius 2 is 1.90 bits per heavy atom. The van der Waals surface area contributed by atoms with Crippen LogP contribution in [-0.2, 0) is 13.0 Å². The van der Waals surface area contributed by atoms with Crippen LogP contribution in [0.1, 0.15) is 27.9 Å². The van der Waals surface area contributed by atoms with E-state index >= 15 is 0 Å². The van der Waals surface area contributed by atoms with Crippen LogP contribution < -0.4 is 10.5 Å². The maximum atomic E-state index is 11.5. The molecule has 0 aromatic heterocycles. The van der Waals surface area contributed by atoms with Gasteiger partial charge in [-0.1, -0.05) is 36.4 Å². The van der Waals surface area contributed by atoms with Gasteiger partial charge < -0.3 is 15.6 Å². The maximum absolute atomic E-state index is 11.5. The van der Waals surface area contributed by atoms with Gasteiger partial charge in [-0.15, -0.1) is 0 Å². The average molecular weight is 285 g/mol. The molecule has 3 N–H and O–H groups in total. The number of aryl methyl sites for hydroxylation is 1. The summed E-state index contributed by atoms with van der Waals surface area (Å²) < 4.78 is 5.69. The molecule has 2 aromatic carbocycles. The predicted octanol–water partition coefficient (Wildman–Crippen LogP) is 2.29. The molecule has 0 aliphatic rings. The van der Waals surface area contributed by atoms with Crippen LogP contribution in [0.3, 0.4) is 0 Å². The van der Waals surface area contributed by atoms with Gasteiger partial charge in [0.05, 0.1) is 0 Å². The molecule has 2 rings (SSSR count). The van der Waals surface area contributed by atoms with Crippen LogP contribution in [0.4, 0.5) is 0 Å². The number of carbonyl (C=O) groups excluding carboxylic acids is 1. The van der Waals surface area contributed by atoms with E-state index in [0.717, 1.165) is 11.1 Å². The Morgan fingerprint density at radius 3 is 2.57 bits per heavy atom. The molecule has 21 heavy (non-hydrogen) atoms. The summed E-state index contributed by atoms with van der Waals surface area (Å²) in [5.74, 6) is 0.133. The van der Waals surface area contributed by atoms with E-state index in [1.54, 1.807) is 6.07 Å². The fourth-order valence-electron chi connectivity index (χ4n) is 2.10. The van der Waals surface area contributed by atoms with Gasteiger partial charge in [-0.05, 0) is 36.1 Å². The number of hydrogen-bond acceptors (Lipinski definition) is 3. The van der Waals surface area contributed by atoms with Crippen molar-refractivity contribution in [3.63, 3.8) is 0 Å². The first-order chi connectivity index (χ1) is 10.2. The van der Waals surface area contributed by atoms with E-state index in [1.165, 1.54) is 0 Å². The van der Waals surface area contributed by atoms with Crippen LogP contribution in [0.5, 0.6) is 5.75 Å². The molecule has 4 heteroatoms. The normalized spacial score (nSPS) is 10.3. The Morgan fingerprint density at radius 1 is 1.14 bits per heavy atom. The van der Waals surface area contributed by atoms with Gasteiger partial charge in [0.2, 0.25) is 5.91 Å². The molecule has 4 nitrogen and oxygen atoms in total. The van der Waals surface area contributed by atoms with Gasteiger partial charge in [-0.25, -0.2) is 0 Å². The molecule has 0 saturated carbocycles. The number of nitrogens with two attached hydrogens (primary N) is 1. The second kappa shape index (κ2) is 7.45. The number of aliphatic hydroxyl groups is 1. The standard InChI is InChI=1S/C17H19NO3/c18-17(20)16-11-15(9-8-14(16)7-4-10-19)21-12-13-5-2-1-3-6-13/h1-3,5-6,8-9,11,19H,4,7,10,12H2,(H2,18,20). The summed E-state index contributed by atoms with van der Waals surface area (Å²) in [6.07, 6.45) is 1.22. The number of ether oxygens (including phenoxy) is 1. The molecular weight excluding hydrogens is 266 g/mol. The van der Waals surface area contributed by atoms with Crippen molar-refractivity contribution < 1.29 is 14.6 Å². The van der Waals surface area contributed by atoms with E-state index < -0.39 is 5.91 Å². The minimum absolute atomic E-state index is 0.0878. The van der Waals surface area contributed by atoms with Gasteiger partial charge in [-0.3, -0.25) is 4.79 Å². The minimum Gasteiger partial charge on any atom is -0.489 e. The van der Waals surface area contributed by atoms with Crippen molar-refractivity contribution in [2.45, 2.75) is 19.4 Å². The SMILES string of the molecule is NC(=O)c1cc(OCc2ccccc2)ccc1CCCO. The third-order valence-electron chi connectivity index (χ3n) is 3.20. The van der Waals surface area contributed by atoms with Gasteiger partial charge in [0.15, 0.2) is 0 Å². The van der Waals surface area contributed by atoms with Gasteiger partial charge in [-0.2, -0.15) is 0 Å². The Balaban J connectivity index is 2.10. The third kappa shape index (κ3) is 4.33. The molecule has 2 aromatic rings. The van der Waals surface area contributed by atoms with Crippen molar-refractivity contribution in [2.24, 2.45) is 5.73 Å². The first kappa shape index (κ1) is 15.1. The molecular formula is C17H19NO3. The van der Waals surface area contributed by atoms with E-state index in [1.807, 2.05) is 42.5 Å². The summed E-state index contributed by atoms with van der Waals surface area (Å²) in [6.45, 7) is 0.527. The summed E-state index contributed by atoms with van der Waals surface area (Å²) in [4.78, 5) is 11.5. The summed E-state index contributed by atoms with van der Waals surface area (Å²) in [7, 11) is 0. The van der Waals surface area contributed by atoms with Crippen LogP contribution in [-0.4, -0.2) is 17.6 Å². The van der Waals surface area contributed by atoms with E-state index in [0.29, 0.717) is 30.8 Å². The van der Waals surface area contributed by atoms with Crippen molar-refractivity contribution in [1.82, 2.24) is 0 Å². The minimum atomic E-state index is -0.479. The lowest BCUT2D eigenvalue weighted by Crippen LogP contribution is -2.14. The number of aliphatic hydroxyl groups excluding tert-OH is 1. The highest BCUT2D eigenvalue weighted by atomic mass is 16.5. The Kier molecular flexibility index (Phi) is 5.35. The van der Waals surface area contributed by atoms with Gasteiger partial charge >= 0.3 is 0 Å². The summed E-state index contributed by atoms with van der Waals surface area (Å²) in [5.41, 5.74) is 7.75. The Labute approximate surface area is 124 Å². The Bertz CT molecular complexity index is 596. The van der Waals surface area contributed by atoms with E-state index in [2.05, 4.69) is 0 Å². The fraction of sp³-hybridized carbons (Fsp3) is 0.235. The molecule has 0 unspecified atom stereocenters. The zero-order valence-electron chi connectivity index (χ0n) is 11.8. The lowest BCUT2D eigenvalue weighted by atomic mass is 10.0. The predicted molar refractivity (Wildman–Crippen MR) is 81.1 cm³/mol. The number of benzene rings is 2. The number of primary amides is 1. The zero-order chi connectivity index (χ0) is 15.1. The van der Waals surface area contributed by atoms with E-state index in [4.69, 9.17) is 15.6 Å². The topological polar surface area (TPSA) is 72.6 Å². The largest absolute Gasteiger partial charge is 0.489 e. The zero-order valence-corrected chi connectivity index (χ0v) is 11.8. The van der Waals surface area contributed by atoms with Crippen molar-refractivity contribution in [3.05, 3.63) is 65.2 Å². The molecule has 110 valence electrons. The van der Waals surface area contributed by atoms with Gasteiger partial charge in [0.1, 0.15) is 12.4 Å². The van der Waals surface area contributed by atoms with Gasteiger partial charge in [0, 0.05) is 12.2 Å². The lowest BCUT2D eigenvalue weighted by Gasteiger charge is -2.11. The summed E-state index contributed by atoms with van der Waals surface area (Å²) in [6, 6.07) is 15.1. The third-order valence-corrected chi connectivity index (χ3v) is 3.20. The average Bonchev–Trinajstić information content (AvgIpc) is 2.52. The molecule has 0 spiro atoms. The van der Waals surface area contributed by atoms with E-state index in [9.17, 15) is 4.79 Å². The highest BCUT2D eigenvalue weighted by Crippen LogP contribution is 2.20. The van der Waals surface area contributed by atoms with Crippen molar-refractivity contribution in [3.8, 4) is 5.75 Å². The molecule has 0 aliphatic heterocycles. The highest BCUT2D eigenvalue weighted by Gasteiger charge is 2.10. The maximum Gasteiger partial charge on any atom is 0.249 e. The fourth-order valence-corrected chi connectivity index (χ4v) is 2.10. The highest BCUT2D eigenvalue weighted by molar-refractivity contribution is 5.94. The monoisotopic (exact) mass is 285 g/mol. The molecule has 0 radical (unpaired) electrons. The summed E-state index contributed by atoms with van der Waals surface area (Å²) in [5, 5.41) is 8.88. The second-order valence-electron chi connectivity index (χ2n) is 4.78. The van der Waals surface area contributed by atoms with Gasteiger partial charge in [0.25, 0.3) is 0 Å². The van der Waals surface area contributed by atoms with Crippen molar-refractivity contribution >= 4 is 5.91 Å². The molecule has 0 aliphatic carbocycles. The van der Waals surface area contributed by atoms with Crippen LogP contribution >= 0.6 is 0 Å². The van der Waals surface area contributed by atoms with Crippen LogP contribution in [0.25, 0.3) is 0 Å². The van der Waals surface area contributed by atoms with Crippen LogP contribution in [0.2, 0.25) is 0 Å². The number of hydrogen-bond donors (Lipinski definition) is 2. The molecule has 0 bridgehead atoms. The lowest BCUT2D eigenvalue weighted by molar-refractivity contribution is 0.0998. The second-order valence-corrected chi connectivity index (χ2v) is 4.78. The molecule has 0 atom stereocenters. The number of rotatable bonds is 7. The van der Waals surface area contributed by atoms with Crippen LogP contribution in [0, 0.1) is 0 Å². The number of amides is 1. The van der Waals surface area contributed by atoms with Crippen molar-refractivity contribution in [2.75, 3.05) is 6.61 Å². The van der Waals surface area contributed by atoms with Crippen molar-refractivity contribution in [1.29, 1.82) is 0 Å². The number of carbonyl (C=O) groups is 1. The van der Waals surface area contributed by atoms with E-state index in [-0.39, 0.29) is 6.61 Å². The van der Waals surface area contributed by atoms with Crippen LogP contribution in [0.15, 0.2) is 48.5 Å².